The van der Waals surface area contributed by atoms with E-state index >= 15 is 0 Å². The van der Waals surface area contributed by atoms with Crippen LogP contribution in [0.3, 0.4) is 0 Å². The van der Waals surface area contributed by atoms with Gasteiger partial charge in [0.1, 0.15) is 13.2 Å². The van der Waals surface area contributed by atoms with Crippen molar-refractivity contribution >= 4 is 32.7 Å². The zero-order valence-corrected chi connectivity index (χ0v) is 18.0. The lowest BCUT2D eigenvalue weighted by Gasteiger charge is -2.36. The van der Waals surface area contributed by atoms with Gasteiger partial charge < -0.3 is 18.9 Å². The van der Waals surface area contributed by atoms with E-state index in [4.69, 9.17) is 9.47 Å². The average Bonchev–Trinajstić information content (AvgIpc) is 3.16. The van der Waals surface area contributed by atoms with Crippen LogP contribution in [0.5, 0.6) is 11.5 Å². The number of halogens is 1. The molecule has 7 heteroatoms. The molecule has 6 nitrogen and oxygen atoms in total. The standard InChI is InChI=1S/C22H25BrN4O2/c23-17-2-4-20-19(14-17)24-16-27(20)7-1-6-25-8-10-26(11-9-25)18-3-5-21-22(15-18)29-13-12-28-21/h2-5,14-16H,1,6-13H2. The Morgan fingerprint density at radius 3 is 2.59 bits per heavy atom. The lowest BCUT2D eigenvalue weighted by atomic mass is 10.2. The topological polar surface area (TPSA) is 42.8 Å². The number of anilines is 1. The Labute approximate surface area is 179 Å². The highest BCUT2D eigenvalue weighted by molar-refractivity contribution is 9.10. The molecule has 3 aromatic rings. The molecule has 29 heavy (non-hydrogen) atoms. The van der Waals surface area contributed by atoms with Gasteiger partial charge in [-0.25, -0.2) is 4.98 Å². The summed E-state index contributed by atoms with van der Waals surface area (Å²) in [5, 5.41) is 0. The molecule has 0 bridgehead atoms. The first kappa shape index (κ1) is 18.8. The SMILES string of the molecule is Brc1ccc2c(c1)ncn2CCCN1CCN(c2ccc3c(c2)OCCO3)CC1. The second-order valence-electron chi connectivity index (χ2n) is 7.58. The fourth-order valence-corrected chi connectivity index (χ4v) is 4.49. The Kier molecular flexibility index (Phi) is 5.33. The second kappa shape index (κ2) is 8.24. The Hall–Kier alpha value is -2.25. The molecule has 0 N–H and O–H groups in total. The summed E-state index contributed by atoms with van der Waals surface area (Å²) in [5.41, 5.74) is 3.48. The fourth-order valence-electron chi connectivity index (χ4n) is 4.14. The van der Waals surface area contributed by atoms with Gasteiger partial charge in [0.2, 0.25) is 0 Å². The van der Waals surface area contributed by atoms with E-state index in [0.29, 0.717) is 13.2 Å². The van der Waals surface area contributed by atoms with Gasteiger partial charge in [-0.2, -0.15) is 0 Å². The first-order valence-electron chi connectivity index (χ1n) is 10.2. The van der Waals surface area contributed by atoms with Crippen LogP contribution in [0.4, 0.5) is 5.69 Å². The van der Waals surface area contributed by atoms with Crippen LogP contribution < -0.4 is 14.4 Å². The van der Waals surface area contributed by atoms with Gasteiger partial charge in [-0.3, -0.25) is 4.90 Å². The van der Waals surface area contributed by atoms with Crippen molar-refractivity contribution < 1.29 is 9.47 Å². The maximum atomic E-state index is 5.73. The zero-order valence-electron chi connectivity index (χ0n) is 16.4. The molecule has 2 aliphatic rings. The van der Waals surface area contributed by atoms with Crippen LogP contribution >= 0.6 is 15.9 Å². The number of aryl methyl sites for hydroxylation is 1. The quantitative estimate of drug-likeness (QED) is 0.584. The monoisotopic (exact) mass is 456 g/mol. The lowest BCUT2D eigenvalue weighted by Crippen LogP contribution is -2.46. The van der Waals surface area contributed by atoms with Crippen LogP contribution in [-0.4, -0.2) is 60.4 Å². The van der Waals surface area contributed by atoms with Gasteiger partial charge in [0, 0.05) is 49.0 Å². The summed E-state index contributed by atoms with van der Waals surface area (Å²) >= 11 is 3.51. The molecule has 1 fully saturated rings. The smallest absolute Gasteiger partial charge is 0.163 e. The molecule has 0 atom stereocenters. The minimum absolute atomic E-state index is 0.633. The number of piperazine rings is 1. The van der Waals surface area contributed by atoms with Crippen LogP contribution in [-0.2, 0) is 6.54 Å². The predicted molar refractivity (Wildman–Crippen MR) is 118 cm³/mol. The van der Waals surface area contributed by atoms with E-state index in [9.17, 15) is 0 Å². The van der Waals surface area contributed by atoms with Crippen molar-refractivity contribution in [1.82, 2.24) is 14.5 Å². The number of imidazole rings is 1. The maximum Gasteiger partial charge on any atom is 0.163 e. The predicted octanol–water partition coefficient (Wildman–Crippen LogP) is 3.78. The third kappa shape index (κ3) is 4.07. The van der Waals surface area contributed by atoms with E-state index in [1.165, 1.54) is 11.2 Å². The number of hydrogen-bond acceptors (Lipinski definition) is 5. The van der Waals surface area contributed by atoms with Crippen molar-refractivity contribution in [3.05, 3.63) is 47.2 Å². The molecule has 0 unspecified atom stereocenters. The van der Waals surface area contributed by atoms with E-state index in [2.05, 4.69) is 65.6 Å². The van der Waals surface area contributed by atoms with Gasteiger partial charge in [0.25, 0.3) is 0 Å². The van der Waals surface area contributed by atoms with Gasteiger partial charge in [0.05, 0.1) is 17.4 Å². The molecule has 2 aliphatic heterocycles. The summed E-state index contributed by atoms with van der Waals surface area (Å²) in [6, 6.07) is 12.6. The van der Waals surface area contributed by atoms with E-state index in [1.807, 2.05) is 12.4 Å². The highest BCUT2D eigenvalue weighted by atomic mass is 79.9. The van der Waals surface area contributed by atoms with E-state index < -0.39 is 0 Å². The highest BCUT2D eigenvalue weighted by Crippen LogP contribution is 2.34. The van der Waals surface area contributed by atoms with Crippen molar-refractivity contribution in [3.63, 3.8) is 0 Å². The van der Waals surface area contributed by atoms with Crippen LogP contribution in [0.25, 0.3) is 11.0 Å². The molecule has 5 rings (SSSR count). The summed E-state index contributed by atoms with van der Waals surface area (Å²) in [5.74, 6) is 1.73. The van der Waals surface area contributed by atoms with E-state index in [0.717, 1.165) is 67.2 Å². The minimum Gasteiger partial charge on any atom is -0.486 e. The molecule has 3 heterocycles. The molecule has 1 saturated heterocycles. The molecule has 1 aromatic heterocycles. The van der Waals surface area contributed by atoms with Gasteiger partial charge in [-0.1, -0.05) is 15.9 Å². The van der Waals surface area contributed by atoms with Crippen LogP contribution in [0.1, 0.15) is 6.42 Å². The molecular formula is C22H25BrN4O2. The molecule has 0 amide bonds. The van der Waals surface area contributed by atoms with Gasteiger partial charge in [-0.15, -0.1) is 0 Å². The number of hydrogen-bond donors (Lipinski definition) is 0. The third-order valence-corrected chi connectivity index (χ3v) is 6.21. The van der Waals surface area contributed by atoms with Crippen LogP contribution in [0, 0.1) is 0 Å². The van der Waals surface area contributed by atoms with Crippen LogP contribution in [0.15, 0.2) is 47.2 Å². The largest absolute Gasteiger partial charge is 0.486 e. The number of aromatic nitrogens is 2. The number of ether oxygens (including phenoxy) is 2. The molecule has 2 aromatic carbocycles. The van der Waals surface area contributed by atoms with Crippen molar-refractivity contribution in [2.24, 2.45) is 0 Å². The minimum atomic E-state index is 0.633. The summed E-state index contributed by atoms with van der Waals surface area (Å²) in [7, 11) is 0. The van der Waals surface area contributed by atoms with Crippen molar-refractivity contribution in [2.45, 2.75) is 13.0 Å². The number of fused-ring (bicyclic) bond motifs is 2. The van der Waals surface area contributed by atoms with Gasteiger partial charge in [0.15, 0.2) is 11.5 Å². The van der Waals surface area contributed by atoms with Crippen molar-refractivity contribution in [1.29, 1.82) is 0 Å². The lowest BCUT2D eigenvalue weighted by molar-refractivity contribution is 0.171. The Bertz CT molecular complexity index is 998. The Balaban J connectivity index is 1.12. The molecular weight excluding hydrogens is 432 g/mol. The summed E-state index contributed by atoms with van der Waals surface area (Å²) < 4.78 is 14.7. The first-order chi connectivity index (χ1) is 14.3. The van der Waals surface area contributed by atoms with Gasteiger partial charge in [-0.05, 0) is 43.3 Å². The van der Waals surface area contributed by atoms with E-state index in [1.54, 1.807) is 0 Å². The number of rotatable bonds is 5. The number of benzene rings is 2. The Morgan fingerprint density at radius 1 is 0.897 bits per heavy atom. The molecule has 0 radical (unpaired) electrons. The zero-order chi connectivity index (χ0) is 19.6. The van der Waals surface area contributed by atoms with Crippen molar-refractivity contribution in [2.75, 3.05) is 50.8 Å². The van der Waals surface area contributed by atoms with Crippen molar-refractivity contribution in [3.8, 4) is 11.5 Å². The van der Waals surface area contributed by atoms with Crippen LogP contribution in [0.2, 0.25) is 0 Å². The normalized spacial score (nSPS) is 17.1. The second-order valence-corrected chi connectivity index (χ2v) is 8.50. The summed E-state index contributed by atoms with van der Waals surface area (Å²) in [6.45, 7) is 7.65. The molecule has 0 saturated carbocycles. The summed E-state index contributed by atoms with van der Waals surface area (Å²) in [4.78, 5) is 9.51. The first-order valence-corrected chi connectivity index (χ1v) is 11.0. The van der Waals surface area contributed by atoms with Gasteiger partial charge >= 0.3 is 0 Å². The molecule has 0 spiro atoms. The fraction of sp³-hybridized carbons (Fsp3) is 0.409. The highest BCUT2D eigenvalue weighted by Gasteiger charge is 2.19. The molecule has 0 aliphatic carbocycles. The average molecular weight is 457 g/mol. The summed E-state index contributed by atoms with van der Waals surface area (Å²) in [6.07, 6.45) is 3.09. The van der Waals surface area contributed by atoms with E-state index in [-0.39, 0.29) is 0 Å². The number of nitrogens with zero attached hydrogens (tertiary/aromatic N) is 4. The third-order valence-electron chi connectivity index (χ3n) is 5.72. The molecule has 152 valence electrons. The maximum absolute atomic E-state index is 5.73. The Morgan fingerprint density at radius 2 is 1.72 bits per heavy atom.